The normalized spacial score (nSPS) is 12.7. The van der Waals surface area contributed by atoms with Gasteiger partial charge in [-0.05, 0) is 40.9 Å². The van der Waals surface area contributed by atoms with Crippen LogP contribution in [0.15, 0.2) is 42.7 Å². The summed E-state index contributed by atoms with van der Waals surface area (Å²) in [6.07, 6.45) is 3.64. The van der Waals surface area contributed by atoms with Crippen molar-refractivity contribution in [3.8, 4) is 11.3 Å². The first-order valence-electron chi connectivity index (χ1n) is 9.16. The second-order valence-corrected chi connectivity index (χ2v) is 13.6. The van der Waals surface area contributed by atoms with Crippen LogP contribution in [0.3, 0.4) is 0 Å². The lowest BCUT2D eigenvalue weighted by molar-refractivity contribution is 0.807. The highest BCUT2D eigenvalue weighted by atomic mass is 28.3. The molecule has 132 valence electrons. The number of pyridine rings is 2. The van der Waals surface area contributed by atoms with Gasteiger partial charge in [-0.15, -0.1) is 5.10 Å². The van der Waals surface area contributed by atoms with Gasteiger partial charge in [-0.3, -0.25) is 4.98 Å². The molecule has 3 aromatic rings. The molecule has 0 saturated carbocycles. The fraction of sp³-hybridized carbons (Fsp3) is 0.450. The third kappa shape index (κ3) is 2.70. The Balaban J connectivity index is 2.29. The number of hydrogen-bond donors (Lipinski definition) is 0. The predicted octanol–water partition coefficient (Wildman–Crippen LogP) is 4.68. The zero-order valence-electron chi connectivity index (χ0n) is 16.1. The van der Waals surface area contributed by atoms with Crippen LogP contribution >= 0.6 is 0 Å². The van der Waals surface area contributed by atoms with E-state index in [0.717, 1.165) is 16.8 Å². The first-order chi connectivity index (χ1) is 11.9. The van der Waals surface area contributed by atoms with Crippen molar-refractivity contribution in [2.75, 3.05) is 0 Å². The summed E-state index contributed by atoms with van der Waals surface area (Å²) in [5, 5.41) is 10.5. The fourth-order valence-corrected chi connectivity index (χ4v) is 11.5. The van der Waals surface area contributed by atoms with Gasteiger partial charge < -0.3 is 0 Å². The largest absolute Gasteiger partial charge is 0.264 e. The van der Waals surface area contributed by atoms with E-state index in [2.05, 4.69) is 79.6 Å². The zero-order chi connectivity index (χ0) is 18.2. The van der Waals surface area contributed by atoms with Gasteiger partial charge in [0.1, 0.15) is 13.8 Å². The molecular formula is C20H28N4Si. The Morgan fingerprint density at radius 2 is 1.56 bits per heavy atom. The fourth-order valence-electron chi connectivity index (χ4n) is 4.84. The Labute approximate surface area is 151 Å². The Hall–Kier alpha value is -2.01. The smallest absolute Gasteiger partial charge is 0.122 e. The second kappa shape index (κ2) is 6.71. The summed E-state index contributed by atoms with van der Waals surface area (Å²) >= 11 is 0. The maximum atomic E-state index is 4.58. The summed E-state index contributed by atoms with van der Waals surface area (Å²) in [6.45, 7) is 14.3. The third-order valence-corrected chi connectivity index (χ3v) is 12.7. The molecule has 3 rings (SSSR count). The number of nitrogens with zero attached hydrogens (tertiary/aromatic N) is 4. The van der Waals surface area contributed by atoms with E-state index < -0.39 is 8.07 Å². The average Bonchev–Trinajstić information content (AvgIpc) is 3.00. The van der Waals surface area contributed by atoms with Gasteiger partial charge in [0, 0.05) is 23.3 Å². The molecule has 0 aliphatic rings. The minimum atomic E-state index is -1.81. The Bertz CT molecular complexity index is 831. The summed E-state index contributed by atoms with van der Waals surface area (Å²) in [5.74, 6) is 0. The van der Waals surface area contributed by atoms with Crippen LogP contribution < -0.4 is 5.32 Å². The zero-order valence-corrected chi connectivity index (χ0v) is 17.1. The van der Waals surface area contributed by atoms with E-state index in [4.69, 9.17) is 0 Å². The first-order valence-corrected chi connectivity index (χ1v) is 11.4. The van der Waals surface area contributed by atoms with Crippen molar-refractivity contribution in [1.82, 2.24) is 19.8 Å². The minimum Gasteiger partial charge on any atom is -0.264 e. The molecular weight excluding hydrogens is 324 g/mol. The van der Waals surface area contributed by atoms with Crippen LogP contribution in [0.2, 0.25) is 16.6 Å². The molecule has 3 aromatic heterocycles. The van der Waals surface area contributed by atoms with Crippen LogP contribution in [0.1, 0.15) is 41.5 Å². The number of fused-ring (bicyclic) bond motifs is 1. The average molecular weight is 353 g/mol. The molecule has 0 bridgehead atoms. The SMILES string of the molecule is CC(C)[Si](c1cccc2c(-c3cccnc3)nnn12)(C(C)C)C(C)C. The van der Waals surface area contributed by atoms with E-state index >= 15 is 0 Å². The summed E-state index contributed by atoms with van der Waals surface area (Å²) in [5.41, 5.74) is 4.89. The molecule has 0 saturated heterocycles. The Morgan fingerprint density at radius 3 is 2.12 bits per heavy atom. The van der Waals surface area contributed by atoms with E-state index in [1.165, 1.54) is 5.32 Å². The number of aromatic nitrogens is 4. The molecule has 0 amide bonds. The standard InChI is InChI=1S/C20H28N4Si/c1-14(2)25(15(3)4,16(5)6)19-11-7-10-18-20(22-23-24(18)19)17-9-8-12-21-13-17/h7-16H,1-6H3. The van der Waals surface area contributed by atoms with Gasteiger partial charge in [0.2, 0.25) is 0 Å². The quantitative estimate of drug-likeness (QED) is 0.626. The molecule has 4 nitrogen and oxygen atoms in total. The third-order valence-electron chi connectivity index (χ3n) is 5.69. The van der Waals surface area contributed by atoms with Crippen molar-refractivity contribution in [3.05, 3.63) is 42.7 Å². The molecule has 3 heterocycles. The van der Waals surface area contributed by atoms with Gasteiger partial charge in [0.15, 0.2) is 0 Å². The highest BCUT2D eigenvalue weighted by molar-refractivity contribution is 6.94. The topological polar surface area (TPSA) is 43.1 Å². The lowest BCUT2D eigenvalue weighted by Gasteiger charge is -2.43. The number of rotatable bonds is 5. The van der Waals surface area contributed by atoms with Crippen LogP contribution in [-0.4, -0.2) is 27.9 Å². The summed E-state index contributed by atoms with van der Waals surface area (Å²) in [7, 11) is -1.81. The van der Waals surface area contributed by atoms with Gasteiger partial charge in [-0.1, -0.05) is 52.8 Å². The lowest BCUT2D eigenvalue weighted by atomic mass is 10.2. The van der Waals surface area contributed by atoms with E-state index in [1.807, 2.05) is 18.3 Å². The predicted molar refractivity (Wildman–Crippen MR) is 107 cm³/mol. The summed E-state index contributed by atoms with van der Waals surface area (Å²) in [6, 6.07) is 10.6. The monoisotopic (exact) mass is 352 g/mol. The van der Waals surface area contributed by atoms with Gasteiger partial charge in [0.05, 0.1) is 5.52 Å². The molecule has 0 unspecified atom stereocenters. The van der Waals surface area contributed by atoms with Crippen LogP contribution in [0, 0.1) is 0 Å². The summed E-state index contributed by atoms with van der Waals surface area (Å²) in [4.78, 5) is 4.23. The molecule has 0 aromatic carbocycles. The lowest BCUT2D eigenvalue weighted by Crippen LogP contribution is -2.58. The maximum absolute atomic E-state index is 4.58. The summed E-state index contributed by atoms with van der Waals surface area (Å²) < 4.78 is 2.11. The molecule has 0 fully saturated rings. The molecule has 0 spiro atoms. The van der Waals surface area contributed by atoms with Crippen molar-refractivity contribution >= 4 is 18.9 Å². The van der Waals surface area contributed by atoms with Gasteiger partial charge in [0.25, 0.3) is 0 Å². The van der Waals surface area contributed by atoms with E-state index in [0.29, 0.717) is 16.6 Å². The van der Waals surface area contributed by atoms with Crippen LogP contribution in [0.4, 0.5) is 0 Å². The second-order valence-electron chi connectivity index (χ2n) is 7.78. The van der Waals surface area contributed by atoms with E-state index in [9.17, 15) is 0 Å². The Morgan fingerprint density at radius 1 is 0.880 bits per heavy atom. The minimum absolute atomic E-state index is 0.629. The van der Waals surface area contributed by atoms with E-state index in [-0.39, 0.29) is 0 Å². The van der Waals surface area contributed by atoms with Crippen LogP contribution in [0.5, 0.6) is 0 Å². The van der Waals surface area contributed by atoms with Crippen molar-refractivity contribution in [2.45, 2.75) is 58.2 Å². The van der Waals surface area contributed by atoms with E-state index in [1.54, 1.807) is 6.20 Å². The van der Waals surface area contributed by atoms with Crippen molar-refractivity contribution in [2.24, 2.45) is 0 Å². The molecule has 25 heavy (non-hydrogen) atoms. The van der Waals surface area contributed by atoms with Gasteiger partial charge >= 0.3 is 0 Å². The highest BCUT2D eigenvalue weighted by Gasteiger charge is 2.46. The van der Waals surface area contributed by atoms with Gasteiger partial charge in [-0.25, -0.2) is 4.52 Å². The molecule has 0 atom stereocenters. The maximum Gasteiger partial charge on any atom is 0.122 e. The van der Waals surface area contributed by atoms with Gasteiger partial charge in [-0.2, -0.15) is 0 Å². The first kappa shape index (κ1) is 17.8. The molecule has 0 N–H and O–H groups in total. The van der Waals surface area contributed by atoms with Crippen molar-refractivity contribution < 1.29 is 0 Å². The molecule has 0 aliphatic carbocycles. The Kier molecular flexibility index (Phi) is 4.78. The molecule has 5 heteroatoms. The van der Waals surface area contributed by atoms with Crippen molar-refractivity contribution in [1.29, 1.82) is 0 Å². The molecule has 0 radical (unpaired) electrons. The molecule has 0 aliphatic heterocycles. The van der Waals surface area contributed by atoms with Crippen molar-refractivity contribution in [3.63, 3.8) is 0 Å². The highest BCUT2D eigenvalue weighted by Crippen LogP contribution is 2.41. The number of hydrogen-bond acceptors (Lipinski definition) is 3. The van der Waals surface area contributed by atoms with Crippen LogP contribution in [0.25, 0.3) is 16.8 Å². The van der Waals surface area contributed by atoms with Crippen LogP contribution in [-0.2, 0) is 0 Å².